The second-order valence-corrected chi connectivity index (χ2v) is 4.72. The van der Waals surface area contributed by atoms with Gasteiger partial charge in [0, 0.05) is 6.07 Å². The fourth-order valence-corrected chi connectivity index (χ4v) is 2.01. The summed E-state index contributed by atoms with van der Waals surface area (Å²) < 4.78 is 16.3. The molecule has 0 N–H and O–H groups in total. The Hall–Kier alpha value is -1.87. The van der Waals surface area contributed by atoms with E-state index in [1.165, 1.54) is 0 Å². The minimum atomic E-state index is 0.431. The number of halogens is 1. The molecule has 0 radical (unpaired) electrons. The maximum atomic E-state index is 6.08. The molecule has 4 heteroatoms. The van der Waals surface area contributed by atoms with Crippen LogP contribution in [0.15, 0.2) is 42.5 Å². The minimum absolute atomic E-state index is 0.431. The number of hydrogen-bond acceptors (Lipinski definition) is 3. The van der Waals surface area contributed by atoms with Crippen LogP contribution in [-0.4, -0.2) is 20.3 Å². The van der Waals surface area contributed by atoms with E-state index in [0.717, 1.165) is 17.1 Å². The van der Waals surface area contributed by atoms with Crippen LogP contribution in [0.2, 0.25) is 5.02 Å². The van der Waals surface area contributed by atoms with Crippen molar-refractivity contribution in [2.75, 3.05) is 20.3 Å². The van der Waals surface area contributed by atoms with Gasteiger partial charge in [-0.25, -0.2) is 0 Å². The molecular formula is C16H17ClO3. The fourth-order valence-electron chi connectivity index (χ4n) is 1.73. The van der Waals surface area contributed by atoms with Crippen molar-refractivity contribution in [1.29, 1.82) is 0 Å². The summed E-state index contributed by atoms with van der Waals surface area (Å²) in [5, 5.41) is 0.617. The van der Waals surface area contributed by atoms with E-state index >= 15 is 0 Å². The van der Waals surface area contributed by atoms with Gasteiger partial charge in [-0.3, -0.25) is 0 Å². The van der Waals surface area contributed by atoms with Gasteiger partial charge in [0.15, 0.2) is 0 Å². The van der Waals surface area contributed by atoms with Crippen molar-refractivity contribution in [3.63, 3.8) is 0 Å². The highest BCUT2D eigenvalue weighted by Crippen LogP contribution is 2.25. The van der Waals surface area contributed by atoms with Crippen LogP contribution in [0.5, 0.6) is 17.2 Å². The quantitative estimate of drug-likeness (QED) is 0.750. The number of hydrogen-bond donors (Lipinski definition) is 0. The third kappa shape index (κ3) is 4.07. The van der Waals surface area contributed by atoms with Gasteiger partial charge in [-0.2, -0.15) is 0 Å². The van der Waals surface area contributed by atoms with Gasteiger partial charge in [0.1, 0.15) is 30.5 Å². The number of ether oxygens (including phenoxy) is 3. The maximum absolute atomic E-state index is 6.08. The van der Waals surface area contributed by atoms with Gasteiger partial charge in [0.25, 0.3) is 0 Å². The lowest BCUT2D eigenvalue weighted by atomic mass is 10.2. The Balaban J connectivity index is 1.81. The van der Waals surface area contributed by atoms with Gasteiger partial charge in [0.2, 0.25) is 0 Å². The molecule has 106 valence electrons. The van der Waals surface area contributed by atoms with Crippen molar-refractivity contribution in [2.45, 2.75) is 6.92 Å². The van der Waals surface area contributed by atoms with E-state index < -0.39 is 0 Å². The van der Waals surface area contributed by atoms with Crippen LogP contribution in [0, 0.1) is 6.92 Å². The van der Waals surface area contributed by atoms with Crippen LogP contribution in [0.1, 0.15) is 5.56 Å². The zero-order chi connectivity index (χ0) is 14.4. The first kappa shape index (κ1) is 14.5. The Morgan fingerprint density at radius 3 is 2.45 bits per heavy atom. The summed E-state index contributed by atoms with van der Waals surface area (Å²) in [6.45, 7) is 2.86. The highest BCUT2D eigenvalue weighted by atomic mass is 35.5. The molecule has 0 aliphatic heterocycles. The molecule has 3 nitrogen and oxygen atoms in total. The van der Waals surface area contributed by atoms with Gasteiger partial charge in [0.05, 0.1) is 12.1 Å². The summed E-state index contributed by atoms with van der Waals surface area (Å²) >= 11 is 6.08. The Kier molecular flexibility index (Phi) is 5.13. The lowest BCUT2D eigenvalue weighted by Crippen LogP contribution is -2.09. The molecule has 0 spiro atoms. The van der Waals surface area contributed by atoms with E-state index in [0.29, 0.717) is 24.0 Å². The average molecular weight is 293 g/mol. The molecule has 0 aliphatic carbocycles. The first-order valence-electron chi connectivity index (χ1n) is 6.35. The van der Waals surface area contributed by atoms with Crippen molar-refractivity contribution >= 4 is 11.6 Å². The molecule has 0 saturated heterocycles. The number of benzene rings is 2. The Bertz CT molecular complexity index is 569. The number of rotatable bonds is 6. The Morgan fingerprint density at radius 2 is 1.70 bits per heavy atom. The van der Waals surface area contributed by atoms with E-state index in [2.05, 4.69) is 0 Å². The molecule has 2 rings (SSSR count). The third-order valence-electron chi connectivity index (χ3n) is 2.74. The molecule has 0 aliphatic rings. The van der Waals surface area contributed by atoms with E-state index in [1.807, 2.05) is 49.4 Å². The summed E-state index contributed by atoms with van der Waals surface area (Å²) in [5.41, 5.74) is 1.11. The van der Waals surface area contributed by atoms with Crippen LogP contribution >= 0.6 is 11.6 Å². The summed E-state index contributed by atoms with van der Waals surface area (Å²) in [5.74, 6) is 2.19. The van der Waals surface area contributed by atoms with Crippen LogP contribution in [0.4, 0.5) is 0 Å². The van der Waals surface area contributed by atoms with E-state index in [-0.39, 0.29) is 0 Å². The van der Waals surface area contributed by atoms with E-state index in [4.69, 9.17) is 25.8 Å². The monoisotopic (exact) mass is 292 g/mol. The Morgan fingerprint density at radius 1 is 0.950 bits per heavy atom. The smallest absolute Gasteiger partial charge is 0.138 e. The molecule has 2 aromatic carbocycles. The Labute approximate surface area is 124 Å². The van der Waals surface area contributed by atoms with Crippen molar-refractivity contribution in [2.24, 2.45) is 0 Å². The first-order chi connectivity index (χ1) is 9.69. The predicted octanol–water partition coefficient (Wildman–Crippen LogP) is 4.11. The molecule has 0 aromatic heterocycles. The molecule has 0 unspecified atom stereocenters. The van der Waals surface area contributed by atoms with Crippen LogP contribution in [-0.2, 0) is 0 Å². The highest BCUT2D eigenvalue weighted by molar-refractivity contribution is 6.32. The molecule has 2 aromatic rings. The molecule has 0 saturated carbocycles. The normalized spacial score (nSPS) is 10.2. The molecule has 0 bridgehead atoms. The van der Waals surface area contributed by atoms with Gasteiger partial charge < -0.3 is 14.2 Å². The van der Waals surface area contributed by atoms with Crippen molar-refractivity contribution < 1.29 is 14.2 Å². The standard InChI is InChI=1S/C16H17ClO3/c1-12-6-7-16(15(17)10-12)20-9-8-19-14-5-3-4-13(11-14)18-2/h3-7,10-11H,8-9H2,1-2H3. The molecule has 0 amide bonds. The minimum Gasteiger partial charge on any atom is -0.497 e. The lowest BCUT2D eigenvalue weighted by molar-refractivity contribution is 0.216. The van der Waals surface area contributed by atoms with E-state index in [9.17, 15) is 0 Å². The van der Waals surface area contributed by atoms with Crippen molar-refractivity contribution in [3.8, 4) is 17.2 Å². The summed E-state index contributed by atoms with van der Waals surface area (Å²) in [4.78, 5) is 0. The van der Waals surface area contributed by atoms with E-state index in [1.54, 1.807) is 7.11 Å². The third-order valence-corrected chi connectivity index (χ3v) is 3.03. The zero-order valence-electron chi connectivity index (χ0n) is 11.6. The van der Waals surface area contributed by atoms with Gasteiger partial charge in [-0.1, -0.05) is 23.7 Å². The second-order valence-electron chi connectivity index (χ2n) is 4.31. The van der Waals surface area contributed by atoms with Gasteiger partial charge in [-0.05, 0) is 36.8 Å². The van der Waals surface area contributed by atoms with Crippen LogP contribution in [0.3, 0.4) is 0 Å². The SMILES string of the molecule is COc1cccc(OCCOc2ccc(C)cc2Cl)c1. The van der Waals surface area contributed by atoms with Crippen molar-refractivity contribution in [3.05, 3.63) is 53.1 Å². The number of methoxy groups -OCH3 is 1. The maximum Gasteiger partial charge on any atom is 0.138 e. The zero-order valence-corrected chi connectivity index (χ0v) is 12.3. The molecule has 0 fully saturated rings. The van der Waals surface area contributed by atoms with Crippen LogP contribution in [0.25, 0.3) is 0 Å². The molecular weight excluding hydrogens is 276 g/mol. The van der Waals surface area contributed by atoms with Gasteiger partial charge in [-0.15, -0.1) is 0 Å². The number of aryl methyl sites for hydroxylation is 1. The average Bonchev–Trinajstić information content (AvgIpc) is 2.45. The molecule has 20 heavy (non-hydrogen) atoms. The van der Waals surface area contributed by atoms with Gasteiger partial charge >= 0.3 is 0 Å². The summed E-state index contributed by atoms with van der Waals surface area (Å²) in [6, 6.07) is 13.2. The molecule has 0 atom stereocenters. The van der Waals surface area contributed by atoms with Crippen LogP contribution < -0.4 is 14.2 Å². The highest BCUT2D eigenvalue weighted by Gasteiger charge is 2.02. The first-order valence-corrected chi connectivity index (χ1v) is 6.72. The predicted molar refractivity (Wildman–Crippen MR) is 80.2 cm³/mol. The lowest BCUT2D eigenvalue weighted by Gasteiger charge is -2.10. The summed E-state index contributed by atoms with van der Waals surface area (Å²) in [6.07, 6.45) is 0. The summed E-state index contributed by atoms with van der Waals surface area (Å²) in [7, 11) is 1.63. The van der Waals surface area contributed by atoms with Crippen molar-refractivity contribution in [1.82, 2.24) is 0 Å². The second kappa shape index (κ2) is 7.06. The molecule has 0 heterocycles. The largest absolute Gasteiger partial charge is 0.497 e. The fraction of sp³-hybridized carbons (Fsp3) is 0.250. The topological polar surface area (TPSA) is 27.7 Å².